The Labute approximate surface area is 136 Å². The predicted octanol–water partition coefficient (Wildman–Crippen LogP) is 4.52. The number of aryl methyl sites for hydroxylation is 1. The van der Waals surface area contributed by atoms with Gasteiger partial charge in [-0.2, -0.15) is 0 Å². The molecule has 1 aromatic carbocycles. The van der Waals surface area contributed by atoms with Crippen LogP contribution in [0.4, 0.5) is 0 Å². The highest BCUT2D eigenvalue weighted by molar-refractivity contribution is 9.10. The third-order valence-corrected chi connectivity index (χ3v) is 4.24. The molecular formula is C15H15BrN2O2S. The van der Waals surface area contributed by atoms with Crippen molar-refractivity contribution < 1.29 is 9.90 Å². The fourth-order valence-electron chi connectivity index (χ4n) is 1.76. The van der Waals surface area contributed by atoms with Crippen molar-refractivity contribution in [2.45, 2.75) is 36.7 Å². The van der Waals surface area contributed by atoms with Crippen molar-refractivity contribution in [3.8, 4) is 0 Å². The Morgan fingerprint density at radius 1 is 1.29 bits per heavy atom. The summed E-state index contributed by atoms with van der Waals surface area (Å²) in [5, 5.41) is 9.83. The van der Waals surface area contributed by atoms with Crippen LogP contribution in [0.2, 0.25) is 0 Å². The number of carbonyl (C=O) groups is 1. The molecule has 21 heavy (non-hydrogen) atoms. The first-order chi connectivity index (χ1) is 9.86. The van der Waals surface area contributed by atoms with E-state index in [1.54, 1.807) is 18.2 Å². The zero-order valence-electron chi connectivity index (χ0n) is 11.9. The highest BCUT2D eigenvalue weighted by Gasteiger charge is 2.14. The van der Waals surface area contributed by atoms with Gasteiger partial charge in [0.15, 0.2) is 5.16 Å². The maximum Gasteiger partial charge on any atom is 0.336 e. The highest BCUT2D eigenvalue weighted by Crippen LogP contribution is 2.31. The van der Waals surface area contributed by atoms with Gasteiger partial charge in [-0.25, -0.2) is 14.8 Å². The highest BCUT2D eigenvalue weighted by atomic mass is 79.9. The minimum absolute atomic E-state index is 0.249. The van der Waals surface area contributed by atoms with E-state index in [1.807, 2.05) is 13.0 Å². The Kier molecular flexibility index (Phi) is 5.00. The molecule has 1 heterocycles. The minimum Gasteiger partial charge on any atom is -0.478 e. The third kappa shape index (κ3) is 4.04. The zero-order chi connectivity index (χ0) is 15.6. The number of carboxylic acids is 1. The van der Waals surface area contributed by atoms with Crippen LogP contribution in [-0.4, -0.2) is 21.0 Å². The van der Waals surface area contributed by atoms with Crippen molar-refractivity contribution in [2.24, 2.45) is 0 Å². The van der Waals surface area contributed by atoms with E-state index in [-0.39, 0.29) is 5.56 Å². The van der Waals surface area contributed by atoms with Gasteiger partial charge in [-0.15, -0.1) is 0 Å². The maximum atomic E-state index is 11.3. The van der Waals surface area contributed by atoms with Crippen LogP contribution in [0.25, 0.3) is 0 Å². The number of benzene rings is 1. The summed E-state index contributed by atoms with van der Waals surface area (Å²) in [7, 11) is 0. The lowest BCUT2D eigenvalue weighted by molar-refractivity contribution is 0.0693. The molecule has 1 aromatic heterocycles. The average Bonchev–Trinajstić information content (AvgIpc) is 2.37. The zero-order valence-corrected chi connectivity index (χ0v) is 14.3. The van der Waals surface area contributed by atoms with E-state index in [4.69, 9.17) is 0 Å². The number of carboxylic acid groups (broad SMARTS) is 1. The van der Waals surface area contributed by atoms with Crippen LogP contribution in [0.3, 0.4) is 0 Å². The molecule has 0 aliphatic rings. The summed E-state index contributed by atoms with van der Waals surface area (Å²) >= 11 is 4.63. The van der Waals surface area contributed by atoms with Gasteiger partial charge in [-0.05, 0) is 48.9 Å². The van der Waals surface area contributed by atoms with Crippen molar-refractivity contribution >= 4 is 33.7 Å². The molecule has 4 nitrogen and oxygen atoms in total. The van der Waals surface area contributed by atoms with E-state index in [9.17, 15) is 9.90 Å². The standard InChI is InChI=1S/C15H15BrN2O2S/c1-8(2)12-6-9(3)17-15(18-12)21-13-7-10(16)4-5-11(13)14(19)20/h4-8H,1-3H3,(H,19,20). The van der Waals surface area contributed by atoms with Gasteiger partial charge >= 0.3 is 5.97 Å². The molecule has 0 unspecified atom stereocenters. The van der Waals surface area contributed by atoms with Crippen LogP contribution >= 0.6 is 27.7 Å². The van der Waals surface area contributed by atoms with Crippen LogP contribution in [0.15, 0.2) is 38.8 Å². The molecule has 6 heteroatoms. The smallest absolute Gasteiger partial charge is 0.336 e. The van der Waals surface area contributed by atoms with Crippen LogP contribution in [0.5, 0.6) is 0 Å². The molecule has 2 rings (SSSR count). The second kappa shape index (κ2) is 6.58. The summed E-state index contributed by atoms with van der Waals surface area (Å²) in [5.74, 6) is -0.658. The average molecular weight is 367 g/mol. The Hall–Kier alpha value is -1.40. The molecule has 0 radical (unpaired) electrons. The Morgan fingerprint density at radius 2 is 2.00 bits per heavy atom. The molecule has 0 atom stereocenters. The van der Waals surface area contributed by atoms with Gasteiger partial charge in [0.1, 0.15) is 0 Å². The van der Waals surface area contributed by atoms with Crippen LogP contribution < -0.4 is 0 Å². The molecule has 2 aromatic rings. The molecule has 110 valence electrons. The van der Waals surface area contributed by atoms with E-state index in [1.165, 1.54) is 11.8 Å². The molecular weight excluding hydrogens is 352 g/mol. The first-order valence-electron chi connectivity index (χ1n) is 6.43. The summed E-state index contributed by atoms with van der Waals surface area (Å²) in [4.78, 5) is 20.8. The van der Waals surface area contributed by atoms with E-state index in [2.05, 4.69) is 39.7 Å². The first-order valence-corrected chi connectivity index (χ1v) is 8.04. The van der Waals surface area contributed by atoms with Gasteiger partial charge in [-0.3, -0.25) is 0 Å². The molecule has 0 spiro atoms. The maximum absolute atomic E-state index is 11.3. The summed E-state index contributed by atoms with van der Waals surface area (Å²) in [6, 6.07) is 7.01. The number of nitrogens with zero attached hydrogens (tertiary/aromatic N) is 2. The first kappa shape index (κ1) is 16.0. The Balaban J connectivity index is 2.42. The number of halogens is 1. The van der Waals surface area contributed by atoms with E-state index in [0.29, 0.717) is 16.0 Å². The van der Waals surface area contributed by atoms with E-state index in [0.717, 1.165) is 15.9 Å². The summed E-state index contributed by atoms with van der Waals surface area (Å²) in [5.41, 5.74) is 2.08. The molecule has 0 bridgehead atoms. The largest absolute Gasteiger partial charge is 0.478 e. The van der Waals surface area contributed by atoms with Gasteiger partial charge in [0, 0.05) is 20.8 Å². The van der Waals surface area contributed by atoms with Crippen molar-refractivity contribution in [2.75, 3.05) is 0 Å². The molecule has 0 saturated heterocycles. The fraction of sp³-hybridized carbons (Fsp3) is 0.267. The normalized spacial score (nSPS) is 10.9. The topological polar surface area (TPSA) is 63.1 Å². The van der Waals surface area contributed by atoms with Gasteiger partial charge in [-0.1, -0.05) is 29.8 Å². The summed E-state index contributed by atoms with van der Waals surface area (Å²) < 4.78 is 0.826. The van der Waals surface area contributed by atoms with Gasteiger partial charge in [0.05, 0.1) is 5.56 Å². The van der Waals surface area contributed by atoms with E-state index >= 15 is 0 Å². The Bertz CT molecular complexity index is 689. The summed E-state index contributed by atoms with van der Waals surface area (Å²) in [6.45, 7) is 6.05. The van der Waals surface area contributed by atoms with Crippen molar-refractivity contribution in [1.82, 2.24) is 9.97 Å². The van der Waals surface area contributed by atoms with Crippen molar-refractivity contribution in [3.05, 3.63) is 45.7 Å². The van der Waals surface area contributed by atoms with Gasteiger partial charge < -0.3 is 5.11 Å². The quantitative estimate of drug-likeness (QED) is 0.805. The van der Waals surface area contributed by atoms with Gasteiger partial charge in [0.2, 0.25) is 0 Å². The third-order valence-electron chi connectivity index (χ3n) is 2.82. The van der Waals surface area contributed by atoms with Gasteiger partial charge in [0.25, 0.3) is 0 Å². The molecule has 1 N–H and O–H groups in total. The number of hydrogen-bond acceptors (Lipinski definition) is 4. The van der Waals surface area contributed by atoms with Crippen molar-refractivity contribution in [1.29, 1.82) is 0 Å². The lowest BCUT2D eigenvalue weighted by Crippen LogP contribution is -2.01. The van der Waals surface area contributed by atoms with E-state index < -0.39 is 5.97 Å². The monoisotopic (exact) mass is 366 g/mol. The second-order valence-corrected chi connectivity index (χ2v) is 6.84. The van der Waals surface area contributed by atoms with Crippen LogP contribution in [-0.2, 0) is 0 Å². The lowest BCUT2D eigenvalue weighted by Gasteiger charge is -2.09. The molecule has 0 aliphatic heterocycles. The fourth-order valence-corrected chi connectivity index (χ4v) is 3.26. The summed E-state index contributed by atoms with van der Waals surface area (Å²) in [6.07, 6.45) is 0. The number of rotatable bonds is 4. The SMILES string of the molecule is Cc1cc(C(C)C)nc(Sc2cc(Br)ccc2C(=O)O)n1. The number of hydrogen-bond donors (Lipinski definition) is 1. The van der Waals surface area contributed by atoms with Crippen LogP contribution in [0, 0.1) is 6.92 Å². The number of aromatic nitrogens is 2. The Morgan fingerprint density at radius 3 is 2.62 bits per heavy atom. The molecule has 0 fully saturated rings. The molecule has 0 amide bonds. The minimum atomic E-state index is -0.957. The van der Waals surface area contributed by atoms with Crippen LogP contribution in [0.1, 0.15) is 41.5 Å². The second-order valence-electron chi connectivity index (χ2n) is 4.92. The molecule has 0 saturated carbocycles. The lowest BCUT2D eigenvalue weighted by atomic mass is 10.1. The molecule has 0 aliphatic carbocycles. The predicted molar refractivity (Wildman–Crippen MR) is 86.1 cm³/mol. The number of aromatic carboxylic acids is 1. The van der Waals surface area contributed by atoms with Crippen molar-refractivity contribution in [3.63, 3.8) is 0 Å².